The normalized spacial score (nSPS) is 12.6. The van der Waals surface area contributed by atoms with Crippen molar-refractivity contribution >= 4 is 33.5 Å². The summed E-state index contributed by atoms with van der Waals surface area (Å²) < 4.78 is 55.4. The number of nitrogens with zero attached hydrogens (tertiary/aromatic N) is 6. The second kappa shape index (κ2) is 7.95. The van der Waals surface area contributed by atoms with Crippen LogP contribution in [0.1, 0.15) is 40.1 Å². The maximum Gasteiger partial charge on any atom is 0.417 e. The van der Waals surface area contributed by atoms with Gasteiger partial charge in [-0.05, 0) is 19.1 Å². The van der Waals surface area contributed by atoms with Gasteiger partial charge in [-0.25, -0.2) is 9.37 Å². The van der Waals surface area contributed by atoms with Crippen LogP contribution in [-0.2, 0) is 13.2 Å². The Hall–Kier alpha value is -4.27. The molecular formula is C22H17F4N7O. The number of pyridine rings is 2. The van der Waals surface area contributed by atoms with Gasteiger partial charge in [0, 0.05) is 31.7 Å². The van der Waals surface area contributed by atoms with E-state index in [2.05, 4.69) is 15.1 Å². The van der Waals surface area contributed by atoms with Crippen LogP contribution in [0.3, 0.4) is 0 Å². The third kappa shape index (κ3) is 3.64. The van der Waals surface area contributed by atoms with Crippen molar-refractivity contribution in [2.24, 2.45) is 7.05 Å². The van der Waals surface area contributed by atoms with Crippen molar-refractivity contribution in [1.29, 1.82) is 5.26 Å². The molecule has 4 rings (SSSR count). The van der Waals surface area contributed by atoms with Gasteiger partial charge in [0.25, 0.3) is 5.91 Å². The van der Waals surface area contributed by atoms with Gasteiger partial charge in [0.1, 0.15) is 17.7 Å². The molecular weight excluding hydrogens is 454 g/mol. The molecule has 1 atom stereocenters. The Balaban J connectivity index is 1.77. The lowest BCUT2D eigenvalue weighted by atomic mass is 10.0. The summed E-state index contributed by atoms with van der Waals surface area (Å²) in [6.07, 6.45) is -2.57. The minimum atomic E-state index is -4.68. The lowest BCUT2D eigenvalue weighted by molar-refractivity contribution is -0.137. The second-order valence-corrected chi connectivity index (χ2v) is 7.74. The fourth-order valence-corrected chi connectivity index (χ4v) is 3.75. The Labute approximate surface area is 190 Å². The quantitative estimate of drug-likeness (QED) is 0.453. The number of benzene rings is 1. The SMILES string of the molecule is C[C@H](c1ncc(C(F)(F)F)cc1C#N)N(C)C(=O)c1cc2c(cc1F)nc(N)c1cnn(C)c12. The molecule has 4 aromatic rings. The zero-order valence-corrected chi connectivity index (χ0v) is 18.1. The molecule has 0 aliphatic rings. The lowest BCUT2D eigenvalue weighted by Gasteiger charge is -2.26. The van der Waals surface area contributed by atoms with Gasteiger partial charge in [0.15, 0.2) is 0 Å². The van der Waals surface area contributed by atoms with E-state index >= 15 is 0 Å². The molecule has 3 aromatic heterocycles. The first-order valence-electron chi connectivity index (χ1n) is 9.88. The number of anilines is 1. The number of halogens is 4. The number of alkyl halides is 3. The van der Waals surface area contributed by atoms with Gasteiger partial charge in [-0.2, -0.15) is 23.5 Å². The maximum atomic E-state index is 14.9. The first-order chi connectivity index (χ1) is 15.9. The van der Waals surface area contributed by atoms with Gasteiger partial charge in [0.2, 0.25) is 0 Å². The summed E-state index contributed by atoms with van der Waals surface area (Å²) in [6.45, 7) is 1.48. The maximum absolute atomic E-state index is 14.9. The molecule has 0 saturated heterocycles. The molecule has 0 saturated carbocycles. The number of aryl methyl sites for hydroxylation is 1. The topological polar surface area (TPSA) is 114 Å². The smallest absolute Gasteiger partial charge is 0.383 e. The standard InChI is InChI=1S/C22H17F4N7O/c1-10(18-11(7-27)4-12(8-29-18)22(24,25)26)32(2)21(34)13-5-14-17(6-16(13)23)31-20(28)15-9-30-33(3)19(14)15/h4-6,8-10H,1-3H3,(H2,28,31)/t10-/m1/s1. The zero-order valence-electron chi connectivity index (χ0n) is 18.1. The number of rotatable bonds is 3. The molecule has 1 amide bonds. The average Bonchev–Trinajstić information content (AvgIpc) is 3.18. The lowest BCUT2D eigenvalue weighted by Crippen LogP contribution is -2.31. The third-order valence-electron chi connectivity index (χ3n) is 5.69. The predicted molar refractivity (Wildman–Crippen MR) is 115 cm³/mol. The Kier molecular flexibility index (Phi) is 5.35. The van der Waals surface area contributed by atoms with E-state index in [1.807, 2.05) is 0 Å². The highest BCUT2D eigenvalue weighted by molar-refractivity contribution is 6.10. The van der Waals surface area contributed by atoms with Gasteiger partial charge < -0.3 is 10.6 Å². The number of amides is 1. The van der Waals surface area contributed by atoms with Crippen molar-refractivity contribution < 1.29 is 22.4 Å². The van der Waals surface area contributed by atoms with E-state index in [0.29, 0.717) is 28.6 Å². The van der Waals surface area contributed by atoms with Crippen LogP contribution in [0.2, 0.25) is 0 Å². The highest BCUT2D eigenvalue weighted by atomic mass is 19.4. The number of carbonyl (C=O) groups is 1. The predicted octanol–water partition coefficient (Wildman–Crippen LogP) is 3.96. The fraction of sp³-hybridized carbons (Fsp3) is 0.227. The Morgan fingerprint density at radius 2 is 1.94 bits per heavy atom. The van der Waals surface area contributed by atoms with Crippen molar-refractivity contribution in [3.05, 3.63) is 58.8 Å². The van der Waals surface area contributed by atoms with Crippen LogP contribution in [0.25, 0.3) is 21.8 Å². The first-order valence-corrected chi connectivity index (χ1v) is 9.88. The van der Waals surface area contributed by atoms with Crippen LogP contribution in [0, 0.1) is 17.1 Å². The van der Waals surface area contributed by atoms with Crippen molar-refractivity contribution in [3.63, 3.8) is 0 Å². The first kappa shape index (κ1) is 22.9. The summed E-state index contributed by atoms with van der Waals surface area (Å²) in [4.78, 5) is 22.3. The van der Waals surface area contributed by atoms with Crippen LogP contribution in [0.15, 0.2) is 30.6 Å². The van der Waals surface area contributed by atoms with Crippen LogP contribution in [0.5, 0.6) is 0 Å². The molecule has 0 fully saturated rings. The number of aromatic nitrogens is 4. The van der Waals surface area contributed by atoms with Gasteiger partial charge >= 0.3 is 6.18 Å². The van der Waals surface area contributed by atoms with E-state index in [9.17, 15) is 27.6 Å². The molecule has 34 heavy (non-hydrogen) atoms. The summed E-state index contributed by atoms with van der Waals surface area (Å²) >= 11 is 0. The van der Waals surface area contributed by atoms with Crippen LogP contribution >= 0.6 is 0 Å². The largest absolute Gasteiger partial charge is 0.417 e. The van der Waals surface area contributed by atoms with Crippen molar-refractivity contribution in [2.75, 3.05) is 12.8 Å². The molecule has 12 heteroatoms. The van der Waals surface area contributed by atoms with Crippen molar-refractivity contribution in [1.82, 2.24) is 24.6 Å². The van der Waals surface area contributed by atoms with Crippen LogP contribution < -0.4 is 5.73 Å². The third-order valence-corrected chi connectivity index (χ3v) is 5.69. The number of carbonyl (C=O) groups excluding carboxylic acids is 1. The number of hydrogen-bond acceptors (Lipinski definition) is 6. The molecule has 1 aromatic carbocycles. The molecule has 2 N–H and O–H groups in total. The van der Waals surface area contributed by atoms with Crippen LogP contribution in [0.4, 0.5) is 23.4 Å². The highest BCUT2D eigenvalue weighted by Crippen LogP contribution is 2.33. The van der Waals surface area contributed by atoms with Crippen LogP contribution in [-0.4, -0.2) is 37.6 Å². The fourth-order valence-electron chi connectivity index (χ4n) is 3.75. The molecule has 0 spiro atoms. The average molecular weight is 471 g/mol. The van der Waals surface area contributed by atoms with E-state index in [1.165, 1.54) is 30.9 Å². The number of nitriles is 1. The van der Waals surface area contributed by atoms with E-state index in [1.54, 1.807) is 13.1 Å². The Morgan fingerprint density at radius 1 is 1.24 bits per heavy atom. The number of nitrogens with two attached hydrogens (primary N) is 1. The minimum Gasteiger partial charge on any atom is -0.383 e. The molecule has 0 unspecified atom stereocenters. The highest BCUT2D eigenvalue weighted by Gasteiger charge is 2.33. The monoisotopic (exact) mass is 471 g/mol. The van der Waals surface area contributed by atoms with Gasteiger partial charge in [-0.3, -0.25) is 14.5 Å². The van der Waals surface area contributed by atoms with E-state index in [-0.39, 0.29) is 28.2 Å². The van der Waals surface area contributed by atoms with Crippen molar-refractivity contribution in [3.8, 4) is 6.07 Å². The van der Waals surface area contributed by atoms with Gasteiger partial charge in [0.05, 0.1) is 51.0 Å². The van der Waals surface area contributed by atoms with Crippen molar-refractivity contribution in [2.45, 2.75) is 19.1 Å². The summed E-state index contributed by atoms with van der Waals surface area (Å²) in [6, 6.07) is 3.84. The van der Waals surface area contributed by atoms with E-state index in [4.69, 9.17) is 5.73 Å². The molecule has 3 heterocycles. The molecule has 0 radical (unpaired) electrons. The Morgan fingerprint density at radius 3 is 2.59 bits per heavy atom. The summed E-state index contributed by atoms with van der Waals surface area (Å²) in [5.74, 6) is -1.45. The zero-order chi connectivity index (χ0) is 24.9. The van der Waals surface area contributed by atoms with Gasteiger partial charge in [-0.15, -0.1) is 0 Å². The number of nitrogen functional groups attached to an aromatic ring is 1. The molecule has 8 nitrogen and oxygen atoms in total. The summed E-state index contributed by atoms with van der Waals surface area (Å²) in [5, 5.41) is 14.5. The van der Waals surface area contributed by atoms with E-state index in [0.717, 1.165) is 11.0 Å². The molecule has 0 bridgehead atoms. The molecule has 0 aliphatic carbocycles. The minimum absolute atomic E-state index is 0.0454. The summed E-state index contributed by atoms with van der Waals surface area (Å²) in [5.41, 5.74) is 4.97. The summed E-state index contributed by atoms with van der Waals surface area (Å²) in [7, 11) is 3.01. The number of fused-ring (bicyclic) bond motifs is 3. The molecule has 0 aliphatic heterocycles. The second-order valence-electron chi connectivity index (χ2n) is 7.74. The molecule has 174 valence electrons. The Bertz CT molecular complexity index is 1500. The number of hydrogen-bond donors (Lipinski definition) is 1. The van der Waals surface area contributed by atoms with Gasteiger partial charge in [-0.1, -0.05) is 0 Å². The van der Waals surface area contributed by atoms with E-state index < -0.39 is 29.5 Å².